The minimum absolute atomic E-state index is 0.00493. The Hall–Kier alpha value is -1.84. The van der Waals surface area contributed by atoms with Gasteiger partial charge in [-0.25, -0.2) is 17.6 Å². The Morgan fingerprint density at radius 2 is 1.21 bits per heavy atom. The van der Waals surface area contributed by atoms with Crippen molar-refractivity contribution >= 4 is 0 Å². The van der Waals surface area contributed by atoms with Crippen LogP contribution in [0.1, 0.15) is 69.8 Å². The molecule has 0 saturated heterocycles. The molecule has 0 nitrogen and oxygen atoms in total. The standard InChI is InChI=1S/C25H28F4/c1-15-5-7-16(8-6-15)17-9-11-18(12-10-17)19-13-14-21(25(29)24(19)28)20-3-2-4-22(26)23(20)27/h2-4,13-18H,5-12H2,1H3. The van der Waals surface area contributed by atoms with E-state index >= 15 is 0 Å². The third-order valence-corrected chi connectivity index (χ3v) is 7.29. The van der Waals surface area contributed by atoms with Gasteiger partial charge < -0.3 is 0 Å². The van der Waals surface area contributed by atoms with Crippen LogP contribution in [0.2, 0.25) is 0 Å². The van der Waals surface area contributed by atoms with Gasteiger partial charge in [-0.05, 0) is 73.8 Å². The van der Waals surface area contributed by atoms with Crippen molar-refractivity contribution in [3.8, 4) is 11.1 Å². The van der Waals surface area contributed by atoms with Crippen LogP contribution in [-0.4, -0.2) is 0 Å². The Morgan fingerprint density at radius 3 is 1.86 bits per heavy atom. The Morgan fingerprint density at radius 1 is 0.621 bits per heavy atom. The van der Waals surface area contributed by atoms with E-state index in [0.29, 0.717) is 11.5 Å². The van der Waals surface area contributed by atoms with Gasteiger partial charge in [-0.3, -0.25) is 0 Å². The van der Waals surface area contributed by atoms with Crippen molar-refractivity contribution in [2.45, 2.75) is 64.2 Å². The third kappa shape index (κ3) is 4.08. The summed E-state index contributed by atoms with van der Waals surface area (Å²) in [6, 6.07) is 6.48. The van der Waals surface area contributed by atoms with E-state index in [0.717, 1.165) is 43.6 Å². The summed E-state index contributed by atoms with van der Waals surface area (Å²) in [5.41, 5.74) is -0.102. The molecule has 0 heterocycles. The zero-order valence-corrected chi connectivity index (χ0v) is 16.9. The molecule has 0 amide bonds. The molecule has 2 aromatic rings. The van der Waals surface area contributed by atoms with Gasteiger partial charge in [0.1, 0.15) is 0 Å². The lowest BCUT2D eigenvalue weighted by Crippen LogP contribution is -2.25. The highest BCUT2D eigenvalue weighted by atomic mass is 19.2. The van der Waals surface area contributed by atoms with Crippen molar-refractivity contribution in [1.82, 2.24) is 0 Å². The Bertz CT molecular complexity index is 859. The predicted molar refractivity (Wildman–Crippen MR) is 108 cm³/mol. The maximum absolute atomic E-state index is 14.9. The van der Waals surface area contributed by atoms with Crippen LogP contribution in [0.3, 0.4) is 0 Å². The fraction of sp³-hybridized carbons (Fsp3) is 0.520. The van der Waals surface area contributed by atoms with Crippen LogP contribution in [0, 0.1) is 41.0 Å². The van der Waals surface area contributed by atoms with E-state index in [4.69, 9.17) is 0 Å². The Balaban J connectivity index is 1.49. The monoisotopic (exact) mass is 404 g/mol. The number of benzene rings is 2. The summed E-state index contributed by atoms with van der Waals surface area (Å²) in [5.74, 6) is -1.91. The van der Waals surface area contributed by atoms with Crippen molar-refractivity contribution in [2.24, 2.45) is 17.8 Å². The molecule has 0 aromatic heterocycles. The first-order chi connectivity index (χ1) is 14.0. The maximum Gasteiger partial charge on any atom is 0.167 e. The molecule has 0 atom stereocenters. The van der Waals surface area contributed by atoms with E-state index in [-0.39, 0.29) is 17.0 Å². The predicted octanol–water partition coefficient (Wildman–Crippen LogP) is 8.01. The Kier molecular flexibility index (Phi) is 5.98. The number of rotatable bonds is 3. The van der Waals surface area contributed by atoms with Gasteiger partial charge in [-0.1, -0.05) is 44.0 Å². The average molecular weight is 404 g/mol. The molecule has 29 heavy (non-hydrogen) atoms. The normalized spacial score (nSPS) is 27.8. The van der Waals surface area contributed by atoms with E-state index in [1.165, 1.54) is 43.9 Å². The average Bonchev–Trinajstić information content (AvgIpc) is 2.73. The van der Waals surface area contributed by atoms with Gasteiger partial charge in [-0.15, -0.1) is 0 Å². The Labute approximate surface area is 170 Å². The lowest BCUT2D eigenvalue weighted by atomic mass is 9.68. The fourth-order valence-corrected chi connectivity index (χ4v) is 5.46. The number of halogens is 4. The van der Waals surface area contributed by atoms with Crippen LogP contribution in [0.5, 0.6) is 0 Å². The molecule has 2 fully saturated rings. The topological polar surface area (TPSA) is 0 Å². The van der Waals surface area contributed by atoms with Gasteiger partial charge >= 0.3 is 0 Å². The fourth-order valence-electron chi connectivity index (χ4n) is 5.46. The summed E-state index contributed by atoms with van der Waals surface area (Å²) in [5, 5.41) is 0. The van der Waals surface area contributed by atoms with E-state index in [1.807, 2.05) is 0 Å². The van der Waals surface area contributed by atoms with Crippen molar-refractivity contribution in [3.63, 3.8) is 0 Å². The molecule has 0 unspecified atom stereocenters. The molecule has 0 bridgehead atoms. The molecule has 2 aliphatic carbocycles. The SMILES string of the molecule is CC1CCC(C2CCC(c3ccc(-c4cccc(F)c4F)c(F)c3F)CC2)CC1. The lowest BCUT2D eigenvalue weighted by molar-refractivity contribution is 0.164. The van der Waals surface area contributed by atoms with Crippen LogP contribution < -0.4 is 0 Å². The molecule has 4 heteroatoms. The summed E-state index contributed by atoms with van der Waals surface area (Å²) in [7, 11) is 0. The highest BCUT2D eigenvalue weighted by Crippen LogP contribution is 2.45. The van der Waals surface area contributed by atoms with Gasteiger partial charge in [-0.2, -0.15) is 0 Å². The van der Waals surface area contributed by atoms with Gasteiger partial charge in [0.05, 0.1) is 0 Å². The van der Waals surface area contributed by atoms with Crippen molar-refractivity contribution in [3.05, 3.63) is 59.2 Å². The van der Waals surface area contributed by atoms with Crippen molar-refractivity contribution < 1.29 is 17.6 Å². The second kappa shape index (κ2) is 8.49. The maximum atomic E-state index is 14.9. The van der Waals surface area contributed by atoms with Crippen LogP contribution in [0.15, 0.2) is 30.3 Å². The summed E-state index contributed by atoms with van der Waals surface area (Å²) in [4.78, 5) is 0. The van der Waals surface area contributed by atoms with Crippen molar-refractivity contribution in [2.75, 3.05) is 0 Å². The van der Waals surface area contributed by atoms with E-state index < -0.39 is 23.3 Å². The second-order valence-corrected chi connectivity index (χ2v) is 9.06. The minimum atomic E-state index is -1.15. The molecule has 0 spiro atoms. The first-order valence-electron chi connectivity index (χ1n) is 10.9. The van der Waals surface area contributed by atoms with Crippen molar-refractivity contribution in [1.29, 1.82) is 0 Å². The second-order valence-electron chi connectivity index (χ2n) is 9.06. The van der Waals surface area contributed by atoms with Gasteiger partial charge in [0.25, 0.3) is 0 Å². The summed E-state index contributed by atoms with van der Waals surface area (Å²) >= 11 is 0. The quantitative estimate of drug-likeness (QED) is 0.455. The van der Waals surface area contributed by atoms with Crippen LogP contribution in [0.25, 0.3) is 11.1 Å². The molecule has 2 aliphatic rings. The van der Waals surface area contributed by atoms with Crippen LogP contribution in [-0.2, 0) is 0 Å². The number of hydrogen-bond acceptors (Lipinski definition) is 0. The van der Waals surface area contributed by atoms with E-state index in [9.17, 15) is 17.6 Å². The summed E-state index contributed by atoms with van der Waals surface area (Å²) < 4.78 is 57.1. The van der Waals surface area contributed by atoms with Gasteiger partial charge in [0.2, 0.25) is 0 Å². The molecule has 4 rings (SSSR count). The van der Waals surface area contributed by atoms with Crippen LogP contribution in [0.4, 0.5) is 17.6 Å². The molecule has 2 saturated carbocycles. The smallest absolute Gasteiger partial charge is 0.167 e. The zero-order valence-electron chi connectivity index (χ0n) is 16.9. The number of hydrogen-bond donors (Lipinski definition) is 0. The van der Waals surface area contributed by atoms with E-state index in [2.05, 4.69) is 6.92 Å². The zero-order chi connectivity index (χ0) is 20.5. The molecular weight excluding hydrogens is 376 g/mol. The van der Waals surface area contributed by atoms with Gasteiger partial charge in [0.15, 0.2) is 23.3 Å². The molecule has 0 radical (unpaired) electrons. The molecule has 156 valence electrons. The largest absolute Gasteiger partial charge is 0.204 e. The van der Waals surface area contributed by atoms with Crippen LogP contribution >= 0.6 is 0 Å². The van der Waals surface area contributed by atoms with Gasteiger partial charge in [0, 0.05) is 11.1 Å². The van der Waals surface area contributed by atoms with E-state index in [1.54, 1.807) is 6.07 Å². The molecule has 0 aliphatic heterocycles. The first kappa shape index (κ1) is 20.4. The first-order valence-corrected chi connectivity index (χ1v) is 10.9. The molecular formula is C25H28F4. The lowest BCUT2D eigenvalue weighted by Gasteiger charge is -2.37. The highest BCUT2D eigenvalue weighted by molar-refractivity contribution is 5.65. The third-order valence-electron chi connectivity index (χ3n) is 7.29. The summed E-state index contributed by atoms with van der Waals surface area (Å²) in [6.45, 7) is 2.32. The molecule has 0 N–H and O–H groups in total. The molecule has 2 aromatic carbocycles. The summed E-state index contributed by atoms with van der Waals surface area (Å²) in [6.07, 6.45) is 9.06. The minimum Gasteiger partial charge on any atom is -0.204 e. The highest BCUT2D eigenvalue weighted by Gasteiger charge is 2.32.